The average molecular weight is 303 g/mol. The second-order valence-corrected chi connectivity index (χ2v) is 5.97. The highest BCUT2D eigenvalue weighted by molar-refractivity contribution is 5.85. The smallest absolute Gasteiger partial charge is 0.242 e. The first-order valence-electron chi connectivity index (χ1n) is 7.69. The lowest BCUT2D eigenvalue weighted by atomic mass is 9.96. The van der Waals surface area contributed by atoms with Crippen LogP contribution in [-0.2, 0) is 16.0 Å². The number of para-hydroxylation sites is 1. The number of fused-ring (bicyclic) bond motifs is 1. The van der Waals surface area contributed by atoms with E-state index in [1.54, 1.807) is 4.90 Å². The number of β-amino-alcohol motifs (C(OH)–C–C–N with tert-alkyl or cyclic N) is 1. The Balaban J connectivity index is 1.42. The number of hydrogen-bond donors (Lipinski definition) is 3. The summed E-state index contributed by atoms with van der Waals surface area (Å²) in [7, 11) is 0. The molecular formula is C16H21N3O3. The van der Waals surface area contributed by atoms with Crippen LogP contribution in [0, 0.1) is 0 Å². The molecule has 0 aliphatic carbocycles. The maximum atomic E-state index is 11.9. The summed E-state index contributed by atoms with van der Waals surface area (Å²) in [5, 5.41) is 15.2. The van der Waals surface area contributed by atoms with E-state index in [4.69, 9.17) is 5.11 Å². The summed E-state index contributed by atoms with van der Waals surface area (Å²) in [6, 6.07) is 8.23. The molecule has 1 fully saturated rings. The van der Waals surface area contributed by atoms with Crippen molar-refractivity contribution in [1.29, 1.82) is 0 Å². The number of aliphatic hydroxyl groups excluding tert-OH is 1. The molecule has 2 aliphatic rings. The zero-order valence-corrected chi connectivity index (χ0v) is 12.4. The number of likely N-dealkylation sites (tertiary alicyclic amines) is 1. The Labute approximate surface area is 129 Å². The molecule has 6 nitrogen and oxygen atoms in total. The van der Waals surface area contributed by atoms with E-state index in [9.17, 15) is 9.59 Å². The molecule has 2 amide bonds. The molecule has 0 aromatic heterocycles. The Morgan fingerprint density at radius 3 is 2.86 bits per heavy atom. The van der Waals surface area contributed by atoms with Crippen LogP contribution in [0.1, 0.15) is 18.4 Å². The number of nitrogens with one attached hydrogen (secondary N) is 2. The maximum absolute atomic E-state index is 11.9. The summed E-state index contributed by atoms with van der Waals surface area (Å²) in [4.78, 5) is 25.2. The first-order chi connectivity index (χ1) is 10.6. The summed E-state index contributed by atoms with van der Waals surface area (Å²) < 4.78 is 0. The molecule has 2 aliphatic heterocycles. The Hall–Kier alpha value is -2.08. The lowest BCUT2D eigenvalue weighted by Gasteiger charge is -2.35. The highest BCUT2D eigenvalue weighted by Crippen LogP contribution is 2.25. The lowest BCUT2D eigenvalue weighted by molar-refractivity contribution is -0.141. The van der Waals surface area contributed by atoms with Gasteiger partial charge in [0, 0.05) is 31.2 Å². The van der Waals surface area contributed by atoms with E-state index in [0.29, 0.717) is 19.5 Å². The minimum atomic E-state index is -0.411. The van der Waals surface area contributed by atoms with Crippen molar-refractivity contribution in [2.24, 2.45) is 0 Å². The van der Waals surface area contributed by atoms with Gasteiger partial charge in [-0.1, -0.05) is 18.2 Å². The van der Waals surface area contributed by atoms with Gasteiger partial charge in [0.05, 0.1) is 12.6 Å². The van der Waals surface area contributed by atoms with E-state index in [1.165, 1.54) is 5.56 Å². The molecular weight excluding hydrogens is 282 g/mol. The van der Waals surface area contributed by atoms with Crippen LogP contribution in [-0.4, -0.2) is 53.6 Å². The van der Waals surface area contributed by atoms with Crippen LogP contribution in [0.25, 0.3) is 0 Å². The number of anilines is 1. The van der Waals surface area contributed by atoms with Crippen LogP contribution in [0.4, 0.5) is 5.69 Å². The van der Waals surface area contributed by atoms with E-state index in [2.05, 4.69) is 16.7 Å². The van der Waals surface area contributed by atoms with Crippen LogP contribution >= 0.6 is 0 Å². The molecule has 1 saturated heterocycles. The number of aliphatic hydroxyl groups is 1. The first-order valence-corrected chi connectivity index (χ1v) is 7.69. The molecule has 0 spiro atoms. The lowest BCUT2D eigenvalue weighted by Crippen LogP contribution is -2.56. The third kappa shape index (κ3) is 3.39. The average Bonchev–Trinajstić information content (AvgIpc) is 2.49. The number of aryl methyl sites for hydroxylation is 1. The quantitative estimate of drug-likeness (QED) is 0.738. The number of amides is 2. The van der Waals surface area contributed by atoms with E-state index >= 15 is 0 Å². The van der Waals surface area contributed by atoms with Gasteiger partial charge < -0.3 is 20.6 Å². The molecule has 118 valence electrons. The summed E-state index contributed by atoms with van der Waals surface area (Å²) in [6.07, 6.45) is 1.83. The molecule has 2 heterocycles. The van der Waals surface area contributed by atoms with Gasteiger partial charge in [-0.25, -0.2) is 0 Å². The topological polar surface area (TPSA) is 81.7 Å². The van der Waals surface area contributed by atoms with Crippen molar-refractivity contribution in [3.63, 3.8) is 0 Å². The van der Waals surface area contributed by atoms with Crippen molar-refractivity contribution in [3.05, 3.63) is 29.8 Å². The van der Waals surface area contributed by atoms with E-state index < -0.39 is 6.10 Å². The fourth-order valence-electron chi connectivity index (χ4n) is 2.89. The van der Waals surface area contributed by atoms with Gasteiger partial charge >= 0.3 is 0 Å². The standard InChI is InChI=1S/C16H21N3O3/c20-13-9-19(10-13)16(22)8-17-15(21)7-12-6-5-11-3-1-2-4-14(11)18-12/h1-4,12-13,18,20H,5-10H2,(H,17,21). The van der Waals surface area contributed by atoms with Gasteiger partial charge in [0.2, 0.25) is 11.8 Å². The largest absolute Gasteiger partial charge is 0.389 e. The predicted molar refractivity (Wildman–Crippen MR) is 82.4 cm³/mol. The van der Waals surface area contributed by atoms with Gasteiger partial charge in [0.25, 0.3) is 0 Å². The zero-order valence-electron chi connectivity index (χ0n) is 12.4. The van der Waals surface area contributed by atoms with E-state index in [0.717, 1.165) is 18.5 Å². The Bertz CT molecular complexity index is 570. The predicted octanol–water partition coefficient (Wildman–Crippen LogP) is 0.123. The second-order valence-electron chi connectivity index (χ2n) is 5.97. The molecule has 1 aromatic carbocycles. The van der Waals surface area contributed by atoms with Gasteiger partial charge in [0.15, 0.2) is 0 Å². The fraction of sp³-hybridized carbons (Fsp3) is 0.500. The Kier molecular flexibility index (Phi) is 4.29. The van der Waals surface area contributed by atoms with Gasteiger partial charge in [0.1, 0.15) is 0 Å². The van der Waals surface area contributed by atoms with Gasteiger partial charge in [-0.05, 0) is 24.5 Å². The number of hydrogen-bond acceptors (Lipinski definition) is 4. The van der Waals surface area contributed by atoms with E-state index in [-0.39, 0.29) is 24.4 Å². The molecule has 3 N–H and O–H groups in total. The first kappa shape index (κ1) is 14.8. The zero-order chi connectivity index (χ0) is 15.5. The third-order valence-corrected chi connectivity index (χ3v) is 4.22. The second kappa shape index (κ2) is 6.36. The van der Waals surface area contributed by atoms with Crippen LogP contribution in [0.5, 0.6) is 0 Å². The molecule has 1 aromatic rings. The Morgan fingerprint density at radius 1 is 1.32 bits per heavy atom. The molecule has 22 heavy (non-hydrogen) atoms. The molecule has 3 rings (SSSR count). The van der Waals surface area contributed by atoms with Crippen molar-refractivity contribution in [1.82, 2.24) is 10.2 Å². The summed E-state index contributed by atoms with van der Waals surface area (Å²) in [5.41, 5.74) is 2.38. The fourth-order valence-corrected chi connectivity index (χ4v) is 2.89. The highest BCUT2D eigenvalue weighted by Gasteiger charge is 2.28. The van der Waals surface area contributed by atoms with Gasteiger partial charge in [-0.15, -0.1) is 0 Å². The molecule has 1 atom stereocenters. The van der Waals surface area contributed by atoms with Gasteiger partial charge in [-0.3, -0.25) is 9.59 Å². The van der Waals surface area contributed by atoms with Crippen LogP contribution in [0.3, 0.4) is 0 Å². The number of carbonyl (C=O) groups is 2. The maximum Gasteiger partial charge on any atom is 0.242 e. The monoisotopic (exact) mass is 303 g/mol. The number of carbonyl (C=O) groups excluding carboxylic acids is 2. The number of rotatable bonds is 4. The van der Waals surface area contributed by atoms with Crippen molar-refractivity contribution in [2.75, 3.05) is 25.0 Å². The molecule has 0 radical (unpaired) electrons. The van der Waals surface area contributed by atoms with Crippen LogP contribution < -0.4 is 10.6 Å². The normalized spacial score (nSPS) is 20.6. The molecule has 1 unspecified atom stereocenters. The Morgan fingerprint density at radius 2 is 2.09 bits per heavy atom. The summed E-state index contributed by atoms with van der Waals surface area (Å²) >= 11 is 0. The third-order valence-electron chi connectivity index (χ3n) is 4.22. The van der Waals surface area contributed by atoms with Crippen molar-refractivity contribution < 1.29 is 14.7 Å². The molecule has 0 saturated carbocycles. The number of benzene rings is 1. The van der Waals surface area contributed by atoms with Crippen molar-refractivity contribution in [3.8, 4) is 0 Å². The number of nitrogens with zero attached hydrogens (tertiary/aromatic N) is 1. The van der Waals surface area contributed by atoms with Crippen molar-refractivity contribution in [2.45, 2.75) is 31.4 Å². The highest BCUT2D eigenvalue weighted by atomic mass is 16.3. The SMILES string of the molecule is O=C(CC1CCc2ccccc2N1)NCC(=O)N1CC(O)C1. The van der Waals surface area contributed by atoms with Crippen LogP contribution in [0.2, 0.25) is 0 Å². The van der Waals surface area contributed by atoms with Crippen LogP contribution in [0.15, 0.2) is 24.3 Å². The van der Waals surface area contributed by atoms with Gasteiger partial charge in [-0.2, -0.15) is 0 Å². The molecule has 0 bridgehead atoms. The van der Waals surface area contributed by atoms with Crippen molar-refractivity contribution >= 4 is 17.5 Å². The minimum Gasteiger partial charge on any atom is -0.389 e. The summed E-state index contributed by atoms with van der Waals surface area (Å²) in [5.74, 6) is -0.257. The minimum absolute atomic E-state index is 0.00879. The molecule has 6 heteroatoms. The summed E-state index contributed by atoms with van der Waals surface area (Å²) in [6.45, 7) is 0.750. The van der Waals surface area contributed by atoms with E-state index in [1.807, 2.05) is 18.2 Å².